The molecule has 0 aliphatic carbocycles. The van der Waals surface area contributed by atoms with Gasteiger partial charge < -0.3 is 9.84 Å². The molecule has 2 aromatic carbocycles. The van der Waals surface area contributed by atoms with Crippen molar-refractivity contribution in [2.24, 2.45) is 0 Å². The van der Waals surface area contributed by atoms with Crippen molar-refractivity contribution in [3.63, 3.8) is 0 Å². The summed E-state index contributed by atoms with van der Waals surface area (Å²) in [5, 5.41) is 6.40. The molecular formula is C16H10FIN2O2. The van der Waals surface area contributed by atoms with Crippen LogP contribution in [0, 0.1) is 9.39 Å². The Morgan fingerprint density at radius 1 is 1.14 bits per heavy atom. The van der Waals surface area contributed by atoms with Gasteiger partial charge in [-0.15, -0.1) is 0 Å². The summed E-state index contributed by atoms with van der Waals surface area (Å²) in [6.07, 6.45) is 0. The summed E-state index contributed by atoms with van der Waals surface area (Å²) < 4.78 is 19.8. The lowest BCUT2D eigenvalue weighted by atomic mass is 10.1. The van der Waals surface area contributed by atoms with Crippen molar-refractivity contribution in [2.75, 3.05) is 5.32 Å². The van der Waals surface area contributed by atoms with Crippen LogP contribution in [-0.2, 0) is 0 Å². The molecule has 0 saturated carbocycles. The van der Waals surface area contributed by atoms with E-state index in [9.17, 15) is 9.18 Å². The first-order valence-electron chi connectivity index (χ1n) is 6.42. The Bertz CT molecular complexity index is 815. The zero-order valence-corrected chi connectivity index (χ0v) is 13.4. The molecule has 0 atom stereocenters. The van der Waals surface area contributed by atoms with E-state index in [1.165, 1.54) is 12.1 Å². The van der Waals surface area contributed by atoms with E-state index < -0.39 is 11.7 Å². The number of benzene rings is 2. The van der Waals surface area contributed by atoms with Crippen molar-refractivity contribution in [1.29, 1.82) is 0 Å². The number of anilines is 1. The molecule has 22 heavy (non-hydrogen) atoms. The zero-order valence-electron chi connectivity index (χ0n) is 11.2. The van der Waals surface area contributed by atoms with Gasteiger partial charge in [-0.1, -0.05) is 17.3 Å². The number of nitrogens with zero attached hydrogens (tertiary/aromatic N) is 1. The maximum absolute atomic E-state index is 13.7. The van der Waals surface area contributed by atoms with Crippen molar-refractivity contribution in [3.8, 4) is 11.3 Å². The van der Waals surface area contributed by atoms with Gasteiger partial charge in [0.25, 0.3) is 5.91 Å². The molecule has 0 bridgehead atoms. The molecule has 3 rings (SSSR count). The van der Waals surface area contributed by atoms with Gasteiger partial charge in [0.05, 0.1) is 5.56 Å². The van der Waals surface area contributed by atoms with Crippen molar-refractivity contribution >= 4 is 34.2 Å². The third kappa shape index (κ3) is 3.16. The second-order valence-electron chi connectivity index (χ2n) is 4.52. The van der Waals surface area contributed by atoms with Crippen LogP contribution in [-0.4, -0.2) is 11.1 Å². The molecular weight excluding hydrogens is 398 g/mol. The summed E-state index contributed by atoms with van der Waals surface area (Å²) in [4.78, 5) is 12.1. The summed E-state index contributed by atoms with van der Waals surface area (Å²) in [7, 11) is 0. The molecule has 1 amide bonds. The van der Waals surface area contributed by atoms with E-state index in [4.69, 9.17) is 4.52 Å². The van der Waals surface area contributed by atoms with Crippen LogP contribution in [0.15, 0.2) is 59.1 Å². The Morgan fingerprint density at radius 3 is 2.59 bits per heavy atom. The number of carbonyl (C=O) groups is 1. The van der Waals surface area contributed by atoms with E-state index in [0.717, 1.165) is 3.57 Å². The van der Waals surface area contributed by atoms with Gasteiger partial charge >= 0.3 is 0 Å². The van der Waals surface area contributed by atoms with E-state index in [1.807, 2.05) is 12.1 Å². The number of aromatic nitrogens is 1. The predicted octanol–water partition coefficient (Wildman–Crippen LogP) is 4.34. The standard InChI is InChI=1S/C16H10FIN2O2/c17-13-4-2-1-3-12(13)15-9-14(20-22-15)16(21)19-11-7-5-10(18)6-8-11/h1-9H,(H,19,21). The molecule has 1 heterocycles. The van der Waals surface area contributed by atoms with Crippen molar-refractivity contribution in [1.82, 2.24) is 5.16 Å². The number of carbonyl (C=O) groups excluding carboxylic acids is 1. The topological polar surface area (TPSA) is 55.1 Å². The average molecular weight is 408 g/mol. The minimum Gasteiger partial charge on any atom is -0.355 e. The number of hydrogen-bond acceptors (Lipinski definition) is 3. The quantitative estimate of drug-likeness (QED) is 0.657. The van der Waals surface area contributed by atoms with Crippen LogP contribution in [0.4, 0.5) is 10.1 Å². The predicted molar refractivity (Wildman–Crippen MR) is 89.0 cm³/mol. The van der Waals surface area contributed by atoms with E-state index in [2.05, 4.69) is 33.1 Å². The molecule has 0 aliphatic heterocycles. The lowest BCUT2D eigenvalue weighted by Crippen LogP contribution is -2.11. The Balaban J connectivity index is 1.80. The van der Waals surface area contributed by atoms with Crippen LogP contribution < -0.4 is 5.32 Å². The van der Waals surface area contributed by atoms with Crippen LogP contribution in [0.3, 0.4) is 0 Å². The van der Waals surface area contributed by atoms with E-state index in [0.29, 0.717) is 5.69 Å². The summed E-state index contributed by atoms with van der Waals surface area (Å²) in [6.45, 7) is 0. The van der Waals surface area contributed by atoms with Crippen LogP contribution in [0.25, 0.3) is 11.3 Å². The van der Waals surface area contributed by atoms with Gasteiger partial charge in [0.15, 0.2) is 11.5 Å². The highest BCUT2D eigenvalue weighted by Gasteiger charge is 2.15. The normalized spacial score (nSPS) is 10.5. The van der Waals surface area contributed by atoms with Crippen molar-refractivity contribution < 1.29 is 13.7 Å². The van der Waals surface area contributed by atoms with Gasteiger partial charge in [0, 0.05) is 15.3 Å². The van der Waals surface area contributed by atoms with Crippen molar-refractivity contribution in [2.45, 2.75) is 0 Å². The first-order chi connectivity index (χ1) is 10.6. The van der Waals surface area contributed by atoms with Crippen LogP contribution in [0.1, 0.15) is 10.5 Å². The highest BCUT2D eigenvalue weighted by Crippen LogP contribution is 2.23. The molecule has 0 unspecified atom stereocenters. The summed E-state index contributed by atoms with van der Waals surface area (Å²) in [6, 6.07) is 14.9. The third-order valence-corrected chi connectivity index (χ3v) is 3.70. The van der Waals surface area contributed by atoms with Gasteiger partial charge in [-0.3, -0.25) is 4.79 Å². The monoisotopic (exact) mass is 408 g/mol. The first kappa shape index (κ1) is 14.7. The largest absolute Gasteiger partial charge is 0.355 e. The fourth-order valence-corrected chi connectivity index (χ4v) is 2.26. The average Bonchev–Trinajstić information content (AvgIpc) is 3.00. The Morgan fingerprint density at radius 2 is 1.86 bits per heavy atom. The fraction of sp³-hybridized carbons (Fsp3) is 0. The Hall–Kier alpha value is -2.22. The number of nitrogens with one attached hydrogen (secondary N) is 1. The molecule has 3 aromatic rings. The first-order valence-corrected chi connectivity index (χ1v) is 7.50. The smallest absolute Gasteiger partial charge is 0.277 e. The minimum absolute atomic E-state index is 0.0943. The summed E-state index contributed by atoms with van der Waals surface area (Å²) in [5.74, 6) is -0.623. The molecule has 0 aliphatic rings. The second kappa shape index (κ2) is 6.27. The number of halogens is 2. The number of hydrogen-bond donors (Lipinski definition) is 1. The summed E-state index contributed by atoms with van der Waals surface area (Å²) in [5.41, 5.74) is 1.01. The SMILES string of the molecule is O=C(Nc1ccc(I)cc1)c1cc(-c2ccccc2F)on1. The molecule has 110 valence electrons. The van der Waals surface area contributed by atoms with E-state index in [1.54, 1.807) is 30.3 Å². The van der Waals surface area contributed by atoms with Gasteiger partial charge in [0.2, 0.25) is 0 Å². The maximum Gasteiger partial charge on any atom is 0.277 e. The maximum atomic E-state index is 13.7. The highest BCUT2D eigenvalue weighted by atomic mass is 127. The van der Waals surface area contributed by atoms with Gasteiger partial charge in [0.1, 0.15) is 5.82 Å². The van der Waals surface area contributed by atoms with Crippen LogP contribution in [0.5, 0.6) is 0 Å². The Kier molecular flexibility index (Phi) is 4.19. The Labute approximate surface area is 139 Å². The van der Waals surface area contributed by atoms with Gasteiger partial charge in [-0.2, -0.15) is 0 Å². The molecule has 4 nitrogen and oxygen atoms in total. The molecule has 1 N–H and O–H groups in total. The second-order valence-corrected chi connectivity index (χ2v) is 5.76. The minimum atomic E-state index is -0.428. The summed E-state index contributed by atoms with van der Waals surface area (Å²) >= 11 is 2.18. The van der Waals surface area contributed by atoms with Crippen LogP contribution >= 0.6 is 22.6 Å². The molecule has 0 saturated heterocycles. The molecule has 0 radical (unpaired) electrons. The molecule has 1 aromatic heterocycles. The number of amides is 1. The van der Waals surface area contributed by atoms with E-state index >= 15 is 0 Å². The molecule has 0 fully saturated rings. The third-order valence-electron chi connectivity index (χ3n) is 2.98. The fourth-order valence-electron chi connectivity index (χ4n) is 1.90. The molecule has 6 heteroatoms. The number of rotatable bonds is 3. The highest BCUT2D eigenvalue weighted by molar-refractivity contribution is 14.1. The van der Waals surface area contributed by atoms with Gasteiger partial charge in [-0.25, -0.2) is 4.39 Å². The molecule has 0 spiro atoms. The van der Waals surface area contributed by atoms with Gasteiger partial charge in [-0.05, 0) is 59.0 Å². The van der Waals surface area contributed by atoms with Crippen LogP contribution in [0.2, 0.25) is 0 Å². The zero-order chi connectivity index (χ0) is 15.5. The van der Waals surface area contributed by atoms with Crippen molar-refractivity contribution in [3.05, 3.63) is 69.7 Å². The lowest BCUT2D eigenvalue weighted by molar-refractivity contribution is 0.101. The van der Waals surface area contributed by atoms with E-state index in [-0.39, 0.29) is 17.0 Å². The lowest BCUT2D eigenvalue weighted by Gasteiger charge is -2.02.